The lowest BCUT2D eigenvalue weighted by atomic mass is 10.0. The van der Waals surface area contributed by atoms with E-state index in [1.165, 1.54) is 0 Å². The molecule has 3 amide bonds. The monoisotopic (exact) mass is 519 g/mol. The number of ether oxygens (including phenoxy) is 2. The van der Waals surface area contributed by atoms with Crippen molar-refractivity contribution in [1.29, 1.82) is 0 Å². The van der Waals surface area contributed by atoms with E-state index >= 15 is 0 Å². The van der Waals surface area contributed by atoms with Crippen LogP contribution in [0.2, 0.25) is 0 Å². The lowest BCUT2D eigenvalue weighted by Crippen LogP contribution is -2.47. The third kappa shape index (κ3) is 6.93. The molecular weight excluding hydrogens is 478 g/mol. The summed E-state index contributed by atoms with van der Waals surface area (Å²) in [6.45, 7) is 14.5. The van der Waals surface area contributed by atoms with Crippen LogP contribution in [0.25, 0.3) is 0 Å². The molecule has 0 aromatic carbocycles. The number of hydrogen-bond acceptors (Lipinski definition) is 8. The number of carbonyl (C=O) groups excluding carboxylic acids is 3. The Bertz CT molecular complexity index is 1010. The first kappa shape index (κ1) is 27.2. The molecule has 2 heterocycles. The standard InChI is InChI=1S/C26H41N5O6/c1-16-14-18(16)31(23(34)36-25(5,6)7)15-26(10-11-26)21-28-19(37-29-21)20(32)30-12-8-17(9-13-30)27-22(33)35-24(2,3)4/h16-18H,8-15H2,1-7H3,(H,27,33)/t16-,18-/m1/s1. The molecular formula is C26H41N5O6. The fraction of sp³-hybridized carbons (Fsp3) is 0.808. The van der Waals surface area contributed by atoms with Crippen LogP contribution in [-0.4, -0.2) is 81.0 Å². The van der Waals surface area contributed by atoms with E-state index in [0.29, 0.717) is 44.2 Å². The van der Waals surface area contributed by atoms with Gasteiger partial charge in [-0.05, 0) is 79.6 Å². The SMILES string of the molecule is C[C@@H]1C[C@H]1N(CC1(c2noc(C(=O)N3CCC(NC(=O)OC(C)(C)C)CC3)n2)CC1)C(=O)OC(C)(C)C. The zero-order valence-electron chi connectivity index (χ0n) is 23.1. The van der Waals surface area contributed by atoms with E-state index in [-0.39, 0.29) is 30.0 Å². The predicted octanol–water partition coefficient (Wildman–Crippen LogP) is 3.88. The van der Waals surface area contributed by atoms with Gasteiger partial charge < -0.3 is 29.1 Å². The average molecular weight is 520 g/mol. The summed E-state index contributed by atoms with van der Waals surface area (Å²) in [7, 11) is 0. The molecule has 206 valence electrons. The number of rotatable bonds is 6. The summed E-state index contributed by atoms with van der Waals surface area (Å²) in [5, 5.41) is 7.03. The quantitative estimate of drug-likeness (QED) is 0.600. The van der Waals surface area contributed by atoms with Gasteiger partial charge in [-0.25, -0.2) is 9.59 Å². The Labute approximate surface area is 218 Å². The van der Waals surface area contributed by atoms with Crippen LogP contribution in [0.5, 0.6) is 0 Å². The summed E-state index contributed by atoms with van der Waals surface area (Å²) in [4.78, 5) is 46.0. The molecule has 11 nitrogen and oxygen atoms in total. The molecule has 1 aliphatic heterocycles. The van der Waals surface area contributed by atoms with Gasteiger partial charge >= 0.3 is 24.0 Å². The highest BCUT2D eigenvalue weighted by atomic mass is 16.6. The van der Waals surface area contributed by atoms with Gasteiger partial charge in [0.05, 0.1) is 5.41 Å². The molecule has 1 aromatic heterocycles. The maximum absolute atomic E-state index is 13.1. The number of nitrogens with one attached hydrogen (secondary N) is 1. The third-order valence-electron chi connectivity index (χ3n) is 7.01. The third-order valence-corrected chi connectivity index (χ3v) is 7.01. The number of carbonyl (C=O) groups is 3. The lowest BCUT2D eigenvalue weighted by Gasteiger charge is -2.32. The summed E-state index contributed by atoms with van der Waals surface area (Å²) in [6.07, 6.45) is 3.04. The largest absolute Gasteiger partial charge is 0.444 e. The molecule has 2 atom stereocenters. The van der Waals surface area contributed by atoms with Gasteiger partial charge in [0.2, 0.25) is 0 Å². The van der Waals surface area contributed by atoms with Gasteiger partial charge in [-0.2, -0.15) is 4.98 Å². The van der Waals surface area contributed by atoms with Gasteiger partial charge in [-0.15, -0.1) is 0 Å². The minimum atomic E-state index is -0.578. The van der Waals surface area contributed by atoms with Gasteiger partial charge in [0.1, 0.15) is 11.2 Å². The van der Waals surface area contributed by atoms with Crippen LogP contribution < -0.4 is 5.32 Å². The first-order chi connectivity index (χ1) is 17.2. The average Bonchev–Trinajstić information content (AvgIpc) is 3.65. The molecule has 1 aromatic rings. The second-order valence-electron chi connectivity index (χ2n) is 12.8. The minimum absolute atomic E-state index is 0.0385. The molecule has 2 aliphatic carbocycles. The first-order valence-corrected chi connectivity index (χ1v) is 13.3. The van der Waals surface area contributed by atoms with Crippen LogP contribution in [0, 0.1) is 5.92 Å². The lowest BCUT2D eigenvalue weighted by molar-refractivity contribution is 0.0202. The van der Waals surface area contributed by atoms with Crippen LogP contribution in [0.3, 0.4) is 0 Å². The molecule has 2 saturated carbocycles. The molecule has 3 aliphatic rings. The van der Waals surface area contributed by atoms with E-state index in [1.54, 1.807) is 4.90 Å². The molecule has 0 radical (unpaired) electrons. The predicted molar refractivity (Wildman–Crippen MR) is 134 cm³/mol. The van der Waals surface area contributed by atoms with Crippen molar-refractivity contribution in [3.8, 4) is 0 Å². The smallest absolute Gasteiger partial charge is 0.410 e. The molecule has 0 unspecified atom stereocenters. The van der Waals surface area contributed by atoms with E-state index in [4.69, 9.17) is 14.0 Å². The highest BCUT2D eigenvalue weighted by Crippen LogP contribution is 2.49. The van der Waals surface area contributed by atoms with Gasteiger partial charge in [0.15, 0.2) is 5.82 Å². The number of aromatic nitrogens is 2. The summed E-state index contributed by atoms with van der Waals surface area (Å²) < 4.78 is 16.4. The van der Waals surface area contributed by atoms with Crippen LogP contribution in [0.1, 0.15) is 97.1 Å². The van der Waals surface area contributed by atoms with Crippen molar-refractivity contribution >= 4 is 18.1 Å². The Kier molecular flexibility index (Phi) is 7.20. The first-order valence-electron chi connectivity index (χ1n) is 13.3. The molecule has 1 saturated heterocycles. The number of piperidine rings is 1. The van der Waals surface area contributed by atoms with Gasteiger partial charge in [0, 0.05) is 31.7 Å². The maximum atomic E-state index is 13.1. The van der Waals surface area contributed by atoms with Crippen LogP contribution in [-0.2, 0) is 14.9 Å². The van der Waals surface area contributed by atoms with E-state index in [9.17, 15) is 14.4 Å². The van der Waals surface area contributed by atoms with E-state index in [2.05, 4.69) is 22.4 Å². The van der Waals surface area contributed by atoms with E-state index < -0.39 is 22.7 Å². The molecule has 11 heteroatoms. The van der Waals surface area contributed by atoms with Crippen LogP contribution in [0.4, 0.5) is 9.59 Å². The van der Waals surface area contributed by atoms with Crippen molar-refractivity contribution in [2.24, 2.45) is 5.92 Å². The van der Waals surface area contributed by atoms with Gasteiger partial charge in [-0.1, -0.05) is 12.1 Å². The topological polar surface area (TPSA) is 127 Å². The van der Waals surface area contributed by atoms with Crippen molar-refractivity contribution in [1.82, 2.24) is 25.3 Å². The molecule has 4 rings (SSSR count). The van der Waals surface area contributed by atoms with Crippen molar-refractivity contribution < 1.29 is 28.4 Å². The Morgan fingerprint density at radius 2 is 1.68 bits per heavy atom. The molecule has 3 fully saturated rings. The van der Waals surface area contributed by atoms with Gasteiger partial charge in [0.25, 0.3) is 0 Å². The second-order valence-corrected chi connectivity index (χ2v) is 12.8. The normalized spacial score (nSPS) is 23.3. The fourth-order valence-corrected chi connectivity index (χ4v) is 4.67. The summed E-state index contributed by atoms with van der Waals surface area (Å²) in [6, 6.07) is 0.0893. The van der Waals surface area contributed by atoms with Crippen molar-refractivity contribution in [2.45, 2.75) is 109 Å². The Hall–Kier alpha value is -2.85. The Balaban J connectivity index is 1.34. The minimum Gasteiger partial charge on any atom is -0.444 e. The second kappa shape index (κ2) is 9.79. The van der Waals surface area contributed by atoms with Gasteiger partial charge in [-0.3, -0.25) is 4.79 Å². The molecule has 0 bridgehead atoms. The number of hydrogen-bond donors (Lipinski definition) is 1. The number of amides is 3. The fourth-order valence-electron chi connectivity index (χ4n) is 4.67. The molecule has 1 N–H and O–H groups in total. The summed E-state index contributed by atoms with van der Waals surface area (Å²) in [5.74, 6) is 0.547. The zero-order valence-corrected chi connectivity index (χ0v) is 23.1. The van der Waals surface area contributed by atoms with Crippen molar-refractivity contribution in [3.05, 3.63) is 11.7 Å². The highest BCUT2D eigenvalue weighted by Gasteiger charge is 2.54. The number of alkyl carbamates (subject to hydrolysis) is 1. The highest BCUT2D eigenvalue weighted by molar-refractivity contribution is 5.89. The maximum Gasteiger partial charge on any atom is 0.410 e. The number of likely N-dealkylation sites (tertiary alicyclic amines) is 1. The van der Waals surface area contributed by atoms with Crippen LogP contribution >= 0.6 is 0 Å². The zero-order chi connectivity index (χ0) is 27.2. The molecule has 0 spiro atoms. The number of nitrogens with zero attached hydrogens (tertiary/aromatic N) is 4. The summed E-state index contributed by atoms with van der Waals surface area (Å²) in [5.41, 5.74) is -1.55. The molecule has 37 heavy (non-hydrogen) atoms. The van der Waals surface area contributed by atoms with Crippen LogP contribution in [0.15, 0.2) is 4.52 Å². The Morgan fingerprint density at radius 1 is 1.08 bits per heavy atom. The van der Waals surface area contributed by atoms with Crippen molar-refractivity contribution in [3.63, 3.8) is 0 Å². The van der Waals surface area contributed by atoms with Crippen molar-refractivity contribution in [2.75, 3.05) is 19.6 Å². The Morgan fingerprint density at radius 3 is 2.19 bits per heavy atom. The van der Waals surface area contributed by atoms with E-state index in [0.717, 1.165) is 19.3 Å². The summed E-state index contributed by atoms with van der Waals surface area (Å²) >= 11 is 0. The van der Waals surface area contributed by atoms with E-state index in [1.807, 2.05) is 46.4 Å².